The maximum Gasteiger partial charge on any atom is 0.242 e. The van der Waals surface area contributed by atoms with Gasteiger partial charge in [-0.05, 0) is 60.5 Å². The summed E-state index contributed by atoms with van der Waals surface area (Å²) in [4.78, 5) is 1.09. The lowest BCUT2D eigenvalue weighted by molar-refractivity contribution is 0.472. The van der Waals surface area contributed by atoms with Gasteiger partial charge in [0.05, 0.1) is 14.2 Å². The fourth-order valence-corrected chi connectivity index (χ4v) is 6.10. The molecule has 0 atom stereocenters. The molecule has 0 saturated heterocycles. The van der Waals surface area contributed by atoms with E-state index in [0.29, 0.717) is 4.90 Å². The highest BCUT2D eigenvalue weighted by molar-refractivity contribution is 9.11. The molecule has 0 bridgehead atoms. The van der Waals surface area contributed by atoms with Crippen molar-refractivity contribution in [2.24, 2.45) is 0 Å². The minimum atomic E-state index is -3.57. The van der Waals surface area contributed by atoms with Gasteiger partial charge in [-0.3, -0.25) is 0 Å². The molecule has 0 unspecified atom stereocenters. The summed E-state index contributed by atoms with van der Waals surface area (Å²) in [7, 11) is -3.57. The van der Waals surface area contributed by atoms with Gasteiger partial charge in [0.25, 0.3) is 0 Å². The first-order valence-electron chi connectivity index (χ1n) is 6.18. The van der Waals surface area contributed by atoms with E-state index in [9.17, 15) is 8.42 Å². The molecule has 21 heavy (non-hydrogen) atoms. The van der Waals surface area contributed by atoms with E-state index in [1.54, 1.807) is 13.0 Å². The SMILES string of the molecule is Cc1sc(Br)cc1S(=O)(=O)NC(C)(C)c1ccc(Br)cc1. The number of hydrogen-bond acceptors (Lipinski definition) is 3. The van der Waals surface area contributed by atoms with Crippen molar-refractivity contribution in [2.45, 2.75) is 31.2 Å². The molecule has 1 aromatic carbocycles. The van der Waals surface area contributed by atoms with E-state index in [-0.39, 0.29) is 0 Å². The number of thiophene rings is 1. The first-order valence-corrected chi connectivity index (χ1v) is 10.1. The van der Waals surface area contributed by atoms with Gasteiger partial charge in [0.1, 0.15) is 0 Å². The molecule has 0 aliphatic carbocycles. The third-order valence-electron chi connectivity index (χ3n) is 3.09. The summed E-state index contributed by atoms with van der Waals surface area (Å²) in [6.45, 7) is 5.51. The highest BCUT2D eigenvalue weighted by Gasteiger charge is 2.29. The Bertz CT molecular complexity index is 750. The lowest BCUT2D eigenvalue weighted by Gasteiger charge is -2.26. The fourth-order valence-electron chi connectivity index (χ4n) is 2.01. The molecule has 2 aromatic rings. The maximum absolute atomic E-state index is 12.6. The van der Waals surface area contributed by atoms with Gasteiger partial charge in [-0.1, -0.05) is 28.1 Å². The van der Waals surface area contributed by atoms with Gasteiger partial charge in [-0.2, -0.15) is 0 Å². The molecule has 1 N–H and O–H groups in total. The molecule has 0 saturated carbocycles. The lowest BCUT2D eigenvalue weighted by atomic mass is 9.96. The predicted octanol–water partition coefficient (Wildman–Crippen LogP) is 4.80. The molecule has 0 spiro atoms. The molecule has 2 rings (SSSR count). The monoisotopic (exact) mass is 451 g/mol. The van der Waals surface area contributed by atoms with Crippen LogP contribution in [0.3, 0.4) is 0 Å². The van der Waals surface area contributed by atoms with Crippen molar-refractivity contribution in [1.29, 1.82) is 0 Å². The zero-order chi connectivity index (χ0) is 15.8. The molecule has 0 fully saturated rings. The van der Waals surface area contributed by atoms with Crippen molar-refractivity contribution in [2.75, 3.05) is 0 Å². The number of aryl methyl sites for hydroxylation is 1. The predicted molar refractivity (Wildman–Crippen MR) is 94.2 cm³/mol. The standard InChI is InChI=1S/C14H15Br2NO2S2/c1-9-12(8-13(16)20-9)21(18,19)17-14(2,3)10-4-6-11(15)7-5-10/h4-8,17H,1-3H3. The first-order chi connectivity index (χ1) is 9.62. The number of rotatable bonds is 4. The first kappa shape index (κ1) is 17.1. The summed E-state index contributed by atoms with van der Waals surface area (Å²) in [5, 5.41) is 0. The molecule has 0 radical (unpaired) electrons. The minimum Gasteiger partial charge on any atom is -0.207 e. The Balaban J connectivity index is 2.35. The van der Waals surface area contributed by atoms with Crippen molar-refractivity contribution >= 4 is 53.2 Å². The number of hydrogen-bond donors (Lipinski definition) is 1. The van der Waals surface area contributed by atoms with Crippen LogP contribution >= 0.6 is 43.2 Å². The zero-order valence-electron chi connectivity index (χ0n) is 11.8. The summed E-state index contributed by atoms with van der Waals surface area (Å²) in [6, 6.07) is 9.25. The van der Waals surface area contributed by atoms with E-state index in [2.05, 4.69) is 36.6 Å². The van der Waals surface area contributed by atoms with Crippen LogP contribution in [0.2, 0.25) is 0 Å². The molecule has 0 aliphatic rings. The molecule has 7 heteroatoms. The van der Waals surface area contributed by atoms with Crippen LogP contribution in [0, 0.1) is 6.92 Å². The summed E-state index contributed by atoms with van der Waals surface area (Å²) in [5.41, 5.74) is 0.210. The van der Waals surface area contributed by atoms with Gasteiger partial charge >= 0.3 is 0 Å². The Hall–Kier alpha value is -0.210. The van der Waals surface area contributed by atoms with E-state index < -0.39 is 15.6 Å². The van der Waals surface area contributed by atoms with Crippen LogP contribution in [0.4, 0.5) is 0 Å². The summed E-state index contributed by atoms with van der Waals surface area (Å²) in [6.07, 6.45) is 0. The number of sulfonamides is 1. The van der Waals surface area contributed by atoms with Gasteiger partial charge in [0, 0.05) is 9.35 Å². The van der Waals surface area contributed by atoms with Crippen LogP contribution in [-0.4, -0.2) is 8.42 Å². The molecular formula is C14H15Br2NO2S2. The summed E-state index contributed by atoms with van der Waals surface area (Å²) in [5.74, 6) is 0. The van der Waals surface area contributed by atoms with Crippen molar-refractivity contribution < 1.29 is 8.42 Å². The van der Waals surface area contributed by atoms with Crippen molar-refractivity contribution in [3.05, 3.63) is 49.0 Å². The molecule has 0 amide bonds. The second-order valence-corrected chi connectivity index (χ2v) is 10.4. The van der Waals surface area contributed by atoms with E-state index in [0.717, 1.165) is 18.7 Å². The lowest BCUT2D eigenvalue weighted by Crippen LogP contribution is -2.40. The second kappa shape index (κ2) is 6.12. The highest BCUT2D eigenvalue weighted by atomic mass is 79.9. The molecule has 0 aliphatic heterocycles. The van der Waals surface area contributed by atoms with E-state index in [1.165, 1.54) is 11.3 Å². The fraction of sp³-hybridized carbons (Fsp3) is 0.286. The van der Waals surface area contributed by atoms with E-state index >= 15 is 0 Å². The largest absolute Gasteiger partial charge is 0.242 e. The van der Waals surface area contributed by atoms with Crippen molar-refractivity contribution in [3.8, 4) is 0 Å². The van der Waals surface area contributed by atoms with Crippen LogP contribution < -0.4 is 4.72 Å². The van der Waals surface area contributed by atoms with Gasteiger partial charge in [0.2, 0.25) is 10.0 Å². The van der Waals surface area contributed by atoms with Crippen molar-refractivity contribution in [1.82, 2.24) is 4.72 Å². The normalized spacial score (nSPS) is 12.6. The molecule has 1 aromatic heterocycles. The number of nitrogens with one attached hydrogen (secondary N) is 1. The molecular weight excluding hydrogens is 438 g/mol. The Kier molecular flexibility index (Phi) is 5.00. The zero-order valence-corrected chi connectivity index (χ0v) is 16.6. The van der Waals surface area contributed by atoms with Crippen LogP contribution in [0.25, 0.3) is 0 Å². The van der Waals surface area contributed by atoms with Crippen LogP contribution in [0.1, 0.15) is 24.3 Å². The number of benzene rings is 1. The smallest absolute Gasteiger partial charge is 0.207 e. The van der Waals surface area contributed by atoms with Crippen LogP contribution in [-0.2, 0) is 15.6 Å². The average Bonchev–Trinajstić information content (AvgIpc) is 2.68. The molecule has 114 valence electrons. The third-order valence-corrected chi connectivity index (χ3v) is 7.08. The van der Waals surface area contributed by atoms with Gasteiger partial charge in [0.15, 0.2) is 0 Å². The van der Waals surface area contributed by atoms with Crippen LogP contribution in [0.5, 0.6) is 0 Å². The molecule has 1 heterocycles. The Morgan fingerprint density at radius 2 is 1.71 bits per heavy atom. The van der Waals surface area contributed by atoms with E-state index in [4.69, 9.17) is 0 Å². The Morgan fingerprint density at radius 3 is 2.19 bits per heavy atom. The van der Waals surface area contributed by atoms with E-state index in [1.807, 2.05) is 38.1 Å². The van der Waals surface area contributed by atoms with Crippen molar-refractivity contribution in [3.63, 3.8) is 0 Å². The van der Waals surface area contributed by atoms with Gasteiger partial charge in [-0.15, -0.1) is 11.3 Å². The Labute approximate surface area is 146 Å². The van der Waals surface area contributed by atoms with Gasteiger partial charge in [-0.25, -0.2) is 13.1 Å². The Morgan fingerprint density at radius 1 is 1.14 bits per heavy atom. The number of halogens is 2. The summed E-state index contributed by atoms with van der Waals surface area (Å²) < 4.78 is 29.7. The summed E-state index contributed by atoms with van der Waals surface area (Å²) >= 11 is 8.12. The maximum atomic E-state index is 12.6. The third kappa shape index (κ3) is 3.96. The average molecular weight is 453 g/mol. The quantitative estimate of drug-likeness (QED) is 0.724. The highest BCUT2D eigenvalue weighted by Crippen LogP contribution is 2.31. The second-order valence-electron chi connectivity index (χ2n) is 5.21. The van der Waals surface area contributed by atoms with Crippen LogP contribution in [0.15, 0.2) is 43.5 Å². The minimum absolute atomic E-state index is 0.324. The molecule has 3 nitrogen and oxygen atoms in total. The van der Waals surface area contributed by atoms with Gasteiger partial charge < -0.3 is 0 Å². The topological polar surface area (TPSA) is 46.2 Å².